The first-order chi connectivity index (χ1) is 12.9. The van der Waals surface area contributed by atoms with Crippen LogP contribution in [0.1, 0.15) is 53.1 Å². The zero-order chi connectivity index (χ0) is 21.5. The average molecular weight is 383 g/mol. The van der Waals surface area contributed by atoms with Gasteiger partial charge in [-0.2, -0.15) is 0 Å². The third-order valence-corrected chi connectivity index (χ3v) is 3.56. The number of rotatable bonds is 5. The number of carbonyl (C=O) groups is 2. The van der Waals surface area contributed by atoms with E-state index in [4.69, 9.17) is 11.2 Å². The van der Waals surface area contributed by atoms with Gasteiger partial charge in [-0.3, -0.25) is 9.59 Å². The van der Waals surface area contributed by atoms with Crippen LogP contribution in [0.15, 0.2) is 24.3 Å². The van der Waals surface area contributed by atoms with Crippen LogP contribution in [0.2, 0.25) is 0 Å². The summed E-state index contributed by atoms with van der Waals surface area (Å²) in [6, 6.07) is 6.08. The van der Waals surface area contributed by atoms with Crippen molar-refractivity contribution in [3.63, 3.8) is 0 Å². The standard InChI is InChI=1S/C23H30N2O3/c1-9-16-25(19(26)14-15-22(2,3)4)20(21(27)24-23(5,6)7)17-10-12-18(28-8)13-11-17/h1,10-13,20H,16H2,2-8H3,(H,24,27). The first-order valence-electron chi connectivity index (χ1n) is 9.11. The molecule has 1 N–H and O–H groups in total. The second-order valence-corrected chi connectivity index (χ2v) is 8.55. The van der Waals surface area contributed by atoms with Gasteiger partial charge in [-0.05, 0) is 65.2 Å². The molecule has 1 aromatic carbocycles. The summed E-state index contributed by atoms with van der Waals surface area (Å²) < 4.78 is 5.19. The molecule has 1 unspecified atom stereocenters. The Hall–Kier alpha value is -2.92. The van der Waals surface area contributed by atoms with Crippen LogP contribution < -0.4 is 10.1 Å². The number of ether oxygens (including phenoxy) is 1. The highest BCUT2D eigenvalue weighted by Crippen LogP contribution is 2.25. The lowest BCUT2D eigenvalue weighted by atomic mass is 9.98. The van der Waals surface area contributed by atoms with Crippen LogP contribution in [0.5, 0.6) is 5.75 Å². The van der Waals surface area contributed by atoms with Gasteiger partial charge < -0.3 is 15.0 Å². The number of nitrogens with zero attached hydrogens (tertiary/aromatic N) is 1. The Morgan fingerprint density at radius 2 is 1.71 bits per heavy atom. The lowest BCUT2D eigenvalue weighted by molar-refractivity contribution is -0.137. The maximum Gasteiger partial charge on any atom is 0.300 e. The monoisotopic (exact) mass is 382 g/mol. The lowest BCUT2D eigenvalue weighted by Gasteiger charge is -2.31. The average Bonchev–Trinajstić information content (AvgIpc) is 2.57. The van der Waals surface area contributed by atoms with E-state index in [2.05, 4.69) is 23.1 Å². The molecular formula is C23H30N2O3. The minimum absolute atomic E-state index is 0.0358. The molecule has 0 bridgehead atoms. The number of methoxy groups -OCH3 is 1. The van der Waals surface area contributed by atoms with Gasteiger partial charge >= 0.3 is 0 Å². The van der Waals surface area contributed by atoms with Crippen molar-refractivity contribution < 1.29 is 14.3 Å². The Bertz CT molecular complexity index is 794. The third-order valence-electron chi connectivity index (χ3n) is 3.56. The van der Waals surface area contributed by atoms with E-state index in [-0.39, 0.29) is 17.9 Å². The number of benzene rings is 1. The van der Waals surface area contributed by atoms with Gasteiger partial charge in [0.15, 0.2) is 0 Å². The minimum Gasteiger partial charge on any atom is -0.497 e. The van der Waals surface area contributed by atoms with Crippen molar-refractivity contribution in [2.45, 2.75) is 53.1 Å². The van der Waals surface area contributed by atoms with Gasteiger partial charge in [0.05, 0.1) is 13.7 Å². The third kappa shape index (κ3) is 7.37. The van der Waals surface area contributed by atoms with Crippen molar-refractivity contribution in [1.29, 1.82) is 0 Å². The molecule has 2 amide bonds. The molecule has 0 aliphatic heterocycles. The molecular weight excluding hydrogens is 352 g/mol. The molecule has 1 aromatic rings. The maximum absolute atomic E-state index is 13.1. The van der Waals surface area contributed by atoms with Crippen molar-refractivity contribution in [2.24, 2.45) is 5.41 Å². The van der Waals surface area contributed by atoms with E-state index >= 15 is 0 Å². The summed E-state index contributed by atoms with van der Waals surface area (Å²) in [5, 5.41) is 2.93. The molecule has 0 saturated carbocycles. The van der Waals surface area contributed by atoms with Gasteiger partial charge in [0.25, 0.3) is 5.91 Å². The molecule has 1 atom stereocenters. The fourth-order valence-corrected chi connectivity index (χ4v) is 2.39. The summed E-state index contributed by atoms with van der Waals surface area (Å²) in [6.45, 7) is 11.3. The van der Waals surface area contributed by atoms with E-state index in [9.17, 15) is 9.59 Å². The normalized spacial score (nSPS) is 12.1. The summed E-state index contributed by atoms with van der Waals surface area (Å²) in [6.07, 6.45) is 5.49. The van der Waals surface area contributed by atoms with Gasteiger partial charge in [-0.25, -0.2) is 0 Å². The van der Waals surface area contributed by atoms with Crippen molar-refractivity contribution in [1.82, 2.24) is 10.2 Å². The maximum atomic E-state index is 13.1. The minimum atomic E-state index is -0.900. The van der Waals surface area contributed by atoms with Crippen LogP contribution in [0.3, 0.4) is 0 Å². The predicted molar refractivity (Wildman–Crippen MR) is 111 cm³/mol. The SMILES string of the molecule is C#CCN(C(=O)C#CC(C)(C)C)C(C(=O)NC(C)(C)C)c1ccc(OC)cc1. The number of carbonyl (C=O) groups excluding carboxylic acids is 2. The Kier molecular flexibility index (Phi) is 7.70. The van der Waals surface area contributed by atoms with Gasteiger partial charge in [0, 0.05) is 11.0 Å². The zero-order valence-corrected chi connectivity index (χ0v) is 17.8. The van der Waals surface area contributed by atoms with Crippen LogP contribution in [0.4, 0.5) is 0 Å². The summed E-state index contributed by atoms with van der Waals surface area (Å²) >= 11 is 0. The molecule has 0 aromatic heterocycles. The van der Waals surface area contributed by atoms with E-state index in [1.54, 1.807) is 31.4 Å². The largest absolute Gasteiger partial charge is 0.497 e. The molecule has 150 valence electrons. The summed E-state index contributed by atoms with van der Waals surface area (Å²) in [5.41, 5.74) is -0.187. The van der Waals surface area contributed by atoms with Crippen LogP contribution >= 0.6 is 0 Å². The highest BCUT2D eigenvalue weighted by atomic mass is 16.5. The molecule has 0 aliphatic carbocycles. The first-order valence-corrected chi connectivity index (χ1v) is 9.11. The number of hydrogen-bond donors (Lipinski definition) is 1. The molecule has 28 heavy (non-hydrogen) atoms. The van der Waals surface area contributed by atoms with Crippen LogP contribution in [0, 0.1) is 29.6 Å². The molecule has 0 radical (unpaired) electrons. The van der Waals surface area contributed by atoms with E-state index in [0.29, 0.717) is 11.3 Å². The van der Waals surface area contributed by atoms with Crippen molar-refractivity contribution in [3.8, 4) is 29.9 Å². The van der Waals surface area contributed by atoms with Gasteiger partial charge in [-0.1, -0.05) is 24.0 Å². The quantitative estimate of drug-likeness (QED) is 0.796. The van der Waals surface area contributed by atoms with Gasteiger partial charge in [0.1, 0.15) is 11.8 Å². The second-order valence-electron chi connectivity index (χ2n) is 8.55. The fraction of sp³-hybridized carbons (Fsp3) is 0.478. The second kappa shape index (κ2) is 9.33. The highest BCUT2D eigenvalue weighted by molar-refractivity contribution is 5.97. The fourth-order valence-electron chi connectivity index (χ4n) is 2.39. The molecule has 1 rings (SSSR count). The van der Waals surface area contributed by atoms with Crippen molar-refractivity contribution in [2.75, 3.05) is 13.7 Å². The topological polar surface area (TPSA) is 58.6 Å². The number of nitrogens with one attached hydrogen (secondary N) is 1. The highest BCUT2D eigenvalue weighted by Gasteiger charge is 2.32. The first kappa shape index (κ1) is 23.1. The Labute approximate surface area is 168 Å². The van der Waals surface area contributed by atoms with Crippen molar-refractivity contribution >= 4 is 11.8 Å². The van der Waals surface area contributed by atoms with E-state index in [0.717, 1.165) is 0 Å². The van der Waals surface area contributed by atoms with E-state index < -0.39 is 17.5 Å². The number of amides is 2. The smallest absolute Gasteiger partial charge is 0.300 e. The molecule has 5 nitrogen and oxygen atoms in total. The summed E-state index contributed by atoms with van der Waals surface area (Å²) in [7, 11) is 1.56. The number of hydrogen-bond acceptors (Lipinski definition) is 3. The van der Waals surface area contributed by atoms with Crippen molar-refractivity contribution in [3.05, 3.63) is 29.8 Å². The van der Waals surface area contributed by atoms with Gasteiger partial charge in [0.2, 0.25) is 5.91 Å². The van der Waals surface area contributed by atoms with E-state index in [1.165, 1.54) is 4.90 Å². The molecule has 0 spiro atoms. The Morgan fingerprint density at radius 1 is 1.14 bits per heavy atom. The molecule has 0 fully saturated rings. The molecule has 0 saturated heterocycles. The Balaban J connectivity index is 3.41. The number of terminal acetylenes is 1. The molecule has 5 heteroatoms. The van der Waals surface area contributed by atoms with Gasteiger partial charge in [-0.15, -0.1) is 6.42 Å². The van der Waals surface area contributed by atoms with Crippen LogP contribution in [-0.4, -0.2) is 35.9 Å². The van der Waals surface area contributed by atoms with Crippen LogP contribution in [0.25, 0.3) is 0 Å². The van der Waals surface area contributed by atoms with Crippen LogP contribution in [-0.2, 0) is 9.59 Å². The molecule has 0 heterocycles. The van der Waals surface area contributed by atoms with E-state index in [1.807, 2.05) is 41.5 Å². The molecule has 0 aliphatic rings. The zero-order valence-electron chi connectivity index (χ0n) is 17.8. The summed E-state index contributed by atoms with van der Waals surface area (Å²) in [4.78, 5) is 27.2. The lowest BCUT2D eigenvalue weighted by Crippen LogP contribution is -2.49. The summed E-state index contributed by atoms with van der Waals surface area (Å²) in [5.74, 6) is 7.86. The predicted octanol–water partition coefficient (Wildman–Crippen LogP) is 3.16. The Morgan fingerprint density at radius 3 is 2.14 bits per heavy atom.